The monoisotopic (exact) mass is 296 g/mol. The van der Waals surface area contributed by atoms with E-state index in [-0.39, 0.29) is 6.04 Å². The molecule has 0 spiro atoms. The normalized spacial score (nSPS) is 20.4. The molecule has 1 N–H and O–H groups in total. The van der Waals surface area contributed by atoms with Gasteiger partial charge in [0.25, 0.3) is 0 Å². The molecular formula is C15H24N2O2S. The fourth-order valence-electron chi connectivity index (χ4n) is 2.78. The van der Waals surface area contributed by atoms with Gasteiger partial charge in [0.1, 0.15) is 0 Å². The van der Waals surface area contributed by atoms with Crippen LogP contribution in [0.2, 0.25) is 0 Å². The van der Waals surface area contributed by atoms with Crippen molar-refractivity contribution in [2.75, 3.05) is 13.1 Å². The van der Waals surface area contributed by atoms with E-state index in [9.17, 15) is 8.42 Å². The highest BCUT2D eigenvalue weighted by Gasteiger charge is 2.33. The van der Waals surface area contributed by atoms with Crippen molar-refractivity contribution in [3.05, 3.63) is 29.3 Å². The van der Waals surface area contributed by atoms with Crippen molar-refractivity contribution in [1.82, 2.24) is 9.62 Å². The maximum absolute atomic E-state index is 12.8. The van der Waals surface area contributed by atoms with Crippen LogP contribution in [0.1, 0.15) is 37.8 Å². The minimum Gasteiger partial charge on any atom is -0.313 e. The molecule has 0 aromatic heterocycles. The molecule has 2 rings (SSSR count). The molecule has 0 radical (unpaired) electrons. The van der Waals surface area contributed by atoms with Gasteiger partial charge in [-0.3, -0.25) is 0 Å². The summed E-state index contributed by atoms with van der Waals surface area (Å²) in [5.74, 6) is 0. The van der Waals surface area contributed by atoms with Crippen LogP contribution >= 0.6 is 0 Å². The lowest BCUT2D eigenvalue weighted by Crippen LogP contribution is -2.34. The first-order chi connectivity index (χ1) is 9.48. The zero-order valence-corrected chi connectivity index (χ0v) is 13.3. The van der Waals surface area contributed by atoms with Crippen molar-refractivity contribution < 1.29 is 8.42 Å². The van der Waals surface area contributed by atoms with E-state index in [1.807, 2.05) is 32.9 Å². The highest BCUT2D eigenvalue weighted by Crippen LogP contribution is 2.28. The summed E-state index contributed by atoms with van der Waals surface area (Å²) in [7, 11) is -3.36. The Morgan fingerprint density at radius 3 is 2.75 bits per heavy atom. The summed E-state index contributed by atoms with van der Waals surface area (Å²) >= 11 is 0. The number of benzene rings is 1. The van der Waals surface area contributed by atoms with Crippen molar-refractivity contribution in [2.24, 2.45) is 0 Å². The summed E-state index contributed by atoms with van der Waals surface area (Å²) in [6, 6.07) is 5.67. The molecule has 112 valence electrons. The molecule has 1 heterocycles. The topological polar surface area (TPSA) is 49.4 Å². The van der Waals surface area contributed by atoms with Crippen LogP contribution in [-0.4, -0.2) is 31.9 Å². The van der Waals surface area contributed by atoms with Gasteiger partial charge in [0.15, 0.2) is 0 Å². The third-order valence-corrected chi connectivity index (χ3v) is 6.20. The first-order valence-corrected chi connectivity index (χ1v) is 8.73. The molecule has 5 heteroatoms. The molecule has 0 saturated carbocycles. The second-order valence-electron chi connectivity index (χ2n) is 5.43. The van der Waals surface area contributed by atoms with E-state index >= 15 is 0 Å². The van der Waals surface area contributed by atoms with Crippen molar-refractivity contribution in [3.8, 4) is 0 Å². The van der Waals surface area contributed by atoms with Gasteiger partial charge in [-0.15, -0.1) is 0 Å². The summed E-state index contributed by atoms with van der Waals surface area (Å²) in [5.41, 5.74) is 1.92. The van der Waals surface area contributed by atoms with Gasteiger partial charge in [-0.2, -0.15) is 4.31 Å². The Hall–Kier alpha value is -0.910. The number of nitrogens with zero attached hydrogens (tertiary/aromatic N) is 1. The van der Waals surface area contributed by atoms with Gasteiger partial charge in [0.05, 0.1) is 4.90 Å². The van der Waals surface area contributed by atoms with Crippen LogP contribution in [0.25, 0.3) is 0 Å². The summed E-state index contributed by atoms with van der Waals surface area (Å²) < 4.78 is 27.2. The van der Waals surface area contributed by atoms with Crippen LogP contribution in [0.5, 0.6) is 0 Å². The fourth-order valence-corrected chi connectivity index (χ4v) is 4.75. The predicted molar refractivity (Wildman–Crippen MR) is 81.1 cm³/mol. The Balaban J connectivity index is 2.37. The second kappa shape index (κ2) is 6.24. The molecular weight excluding hydrogens is 272 g/mol. The SMILES string of the molecule is CCNCc1cccc(S(=O)(=O)N2CCCC2C)c1C. The van der Waals surface area contributed by atoms with Crippen molar-refractivity contribution in [3.63, 3.8) is 0 Å². The van der Waals surface area contributed by atoms with Crippen LogP contribution in [0.4, 0.5) is 0 Å². The Morgan fingerprint density at radius 1 is 1.40 bits per heavy atom. The predicted octanol–water partition coefficient (Wildman–Crippen LogP) is 2.28. The largest absolute Gasteiger partial charge is 0.313 e. The fraction of sp³-hybridized carbons (Fsp3) is 0.600. The van der Waals surface area contributed by atoms with E-state index in [1.54, 1.807) is 10.4 Å². The van der Waals surface area contributed by atoms with E-state index in [0.717, 1.165) is 30.5 Å². The van der Waals surface area contributed by atoms with Gasteiger partial charge in [-0.1, -0.05) is 19.1 Å². The molecule has 1 aliphatic heterocycles. The molecule has 1 fully saturated rings. The zero-order valence-electron chi connectivity index (χ0n) is 12.5. The zero-order chi connectivity index (χ0) is 14.8. The summed E-state index contributed by atoms with van der Waals surface area (Å²) in [4.78, 5) is 0.460. The number of hydrogen-bond acceptors (Lipinski definition) is 3. The number of hydrogen-bond donors (Lipinski definition) is 1. The molecule has 0 aliphatic carbocycles. The lowest BCUT2D eigenvalue weighted by atomic mass is 10.1. The number of sulfonamides is 1. The highest BCUT2D eigenvalue weighted by molar-refractivity contribution is 7.89. The van der Waals surface area contributed by atoms with Crippen molar-refractivity contribution in [1.29, 1.82) is 0 Å². The van der Waals surface area contributed by atoms with E-state index in [0.29, 0.717) is 18.0 Å². The van der Waals surface area contributed by atoms with Crippen LogP contribution in [0, 0.1) is 6.92 Å². The smallest absolute Gasteiger partial charge is 0.243 e. The molecule has 1 atom stereocenters. The lowest BCUT2D eigenvalue weighted by molar-refractivity contribution is 0.408. The standard InChI is InChI=1S/C15H24N2O2S/c1-4-16-11-14-8-5-9-15(13(14)3)20(18,19)17-10-6-7-12(17)2/h5,8-9,12,16H,4,6-7,10-11H2,1-3H3. The van der Waals surface area contributed by atoms with E-state index in [1.165, 1.54) is 0 Å². The molecule has 4 nitrogen and oxygen atoms in total. The average molecular weight is 296 g/mol. The molecule has 0 amide bonds. The van der Waals surface area contributed by atoms with Gasteiger partial charge in [0, 0.05) is 19.1 Å². The Bertz CT molecular complexity index is 569. The minimum atomic E-state index is -3.36. The second-order valence-corrected chi connectivity index (χ2v) is 7.29. The number of rotatable bonds is 5. The van der Waals surface area contributed by atoms with Crippen molar-refractivity contribution >= 4 is 10.0 Å². The Morgan fingerprint density at radius 2 is 2.15 bits per heavy atom. The third-order valence-electron chi connectivity index (χ3n) is 4.04. The van der Waals surface area contributed by atoms with Gasteiger partial charge in [-0.05, 0) is 50.4 Å². The molecule has 1 aliphatic rings. The first-order valence-electron chi connectivity index (χ1n) is 7.29. The van der Waals surface area contributed by atoms with Gasteiger partial charge in [-0.25, -0.2) is 8.42 Å². The van der Waals surface area contributed by atoms with Crippen LogP contribution in [-0.2, 0) is 16.6 Å². The van der Waals surface area contributed by atoms with Gasteiger partial charge in [0.2, 0.25) is 10.0 Å². The number of nitrogens with one attached hydrogen (secondary N) is 1. The molecule has 1 saturated heterocycles. The van der Waals surface area contributed by atoms with Crippen molar-refractivity contribution in [2.45, 2.75) is 51.1 Å². The van der Waals surface area contributed by atoms with E-state index in [4.69, 9.17) is 0 Å². The van der Waals surface area contributed by atoms with Gasteiger partial charge < -0.3 is 5.32 Å². The van der Waals surface area contributed by atoms with Crippen LogP contribution in [0.15, 0.2) is 23.1 Å². The lowest BCUT2D eigenvalue weighted by Gasteiger charge is -2.22. The minimum absolute atomic E-state index is 0.108. The molecule has 1 aromatic rings. The third kappa shape index (κ3) is 2.90. The summed E-state index contributed by atoms with van der Waals surface area (Å²) in [5, 5.41) is 3.25. The van der Waals surface area contributed by atoms with E-state index in [2.05, 4.69) is 5.32 Å². The maximum atomic E-state index is 12.8. The quantitative estimate of drug-likeness (QED) is 0.907. The summed E-state index contributed by atoms with van der Waals surface area (Å²) in [6.45, 7) is 8.16. The maximum Gasteiger partial charge on any atom is 0.243 e. The van der Waals surface area contributed by atoms with E-state index < -0.39 is 10.0 Å². The summed E-state index contributed by atoms with van der Waals surface area (Å²) in [6.07, 6.45) is 1.91. The Labute approximate surface area is 122 Å². The van der Waals surface area contributed by atoms with Crippen LogP contribution in [0.3, 0.4) is 0 Å². The molecule has 20 heavy (non-hydrogen) atoms. The average Bonchev–Trinajstić information content (AvgIpc) is 2.84. The van der Waals surface area contributed by atoms with Gasteiger partial charge >= 0.3 is 0 Å². The molecule has 0 bridgehead atoms. The Kier molecular flexibility index (Phi) is 4.83. The molecule has 1 aromatic carbocycles. The highest BCUT2D eigenvalue weighted by atomic mass is 32.2. The first kappa shape index (κ1) is 15.5. The molecule has 1 unspecified atom stereocenters. The van der Waals surface area contributed by atoms with Crippen LogP contribution < -0.4 is 5.32 Å².